The Morgan fingerprint density at radius 3 is 2.53 bits per heavy atom. The van der Waals surface area contributed by atoms with E-state index in [9.17, 15) is 4.79 Å². The van der Waals surface area contributed by atoms with Crippen LogP contribution < -0.4 is 5.32 Å². The van der Waals surface area contributed by atoms with Gasteiger partial charge in [-0.2, -0.15) is 0 Å². The second kappa shape index (κ2) is 9.63. The van der Waals surface area contributed by atoms with Crippen LogP contribution in [0, 0.1) is 13.8 Å². The largest absolute Gasteiger partial charge is 0.465 e. The van der Waals surface area contributed by atoms with Crippen LogP contribution >= 0.6 is 0 Å². The molecule has 2 fully saturated rings. The fourth-order valence-electron chi connectivity index (χ4n) is 4.05. The molecule has 4 rings (SSSR count). The molecule has 2 aliphatic rings. The van der Waals surface area contributed by atoms with Crippen LogP contribution in [0.15, 0.2) is 27.1 Å². The van der Waals surface area contributed by atoms with Crippen LogP contribution in [0.1, 0.15) is 29.0 Å². The van der Waals surface area contributed by atoms with E-state index in [-0.39, 0.29) is 12.1 Å². The van der Waals surface area contributed by atoms with Crippen LogP contribution in [0.3, 0.4) is 0 Å². The van der Waals surface area contributed by atoms with Crippen LogP contribution in [0.4, 0.5) is 4.79 Å². The summed E-state index contributed by atoms with van der Waals surface area (Å²) in [5.74, 6) is 2.64. The van der Waals surface area contributed by atoms with E-state index in [1.165, 1.54) is 0 Å². The standard InChI is InChI=1S/C21H31N5O4/c1-16-13-18(30-23-16)15-24-5-7-26(8-6-24)21(27)22-14-19(20-4-3-17(2)29-20)25-9-11-28-12-10-25/h3-4,13,19H,5-12,14-15H2,1-2H3,(H,22,27). The maximum Gasteiger partial charge on any atom is 0.317 e. The number of piperazine rings is 1. The zero-order chi connectivity index (χ0) is 20.9. The van der Waals surface area contributed by atoms with Crippen molar-refractivity contribution in [2.24, 2.45) is 0 Å². The van der Waals surface area contributed by atoms with Crippen LogP contribution in [0.2, 0.25) is 0 Å². The molecule has 4 heterocycles. The second-order valence-electron chi connectivity index (χ2n) is 8.00. The molecule has 2 aromatic heterocycles. The van der Waals surface area contributed by atoms with Gasteiger partial charge in [0, 0.05) is 51.9 Å². The van der Waals surface area contributed by atoms with E-state index in [0.29, 0.717) is 32.8 Å². The number of carbonyl (C=O) groups is 1. The summed E-state index contributed by atoms with van der Waals surface area (Å²) in [6, 6.07) is 5.93. The Labute approximate surface area is 176 Å². The second-order valence-corrected chi connectivity index (χ2v) is 8.00. The first-order chi connectivity index (χ1) is 14.6. The van der Waals surface area contributed by atoms with Crippen LogP contribution in [-0.4, -0.2) is 84.9 Å². The van der Waals surface area contributed by atoms with Gasteiger partial charge >= 0.3 is 6.03 Å². The normalized spacial score (nSPS) is 19.7. The minimum Gasteiger partial charge on any atom is -0.465 e. The van der Waals surface area contributed by atoms with Crippen molar-refractivity contribution in [3.8, 4) is 0 Å². The lowest BCUT2D eigenvalue weighted by Crippen LogP contribution is -2.52. The molecule has 9 heteroatoms. The molecule has 0 aliphatic carbocycles. The van der Waals surface area contributed by atoms with E-state index in [4.69, 9.17) is 13.7 Å². The maximum atomic E-state index is 12.8. The highest BCUT2D eigenvalue weighted by molar-refractivity contribution is 5.74. The highest BCUT2D eigenvalue weighted by Crippen LogP contribution is 2.23. The van der Waals surface area contributed by atoms with Crippen molar-refractivity contribution in [3.05, 3.63) is 41.2 Å². The Morgan fingerprint density at radius 2 is 1.90 bits per heavy atom. The molecule has 0 radical (unpaired) electrons. The van der Waals surface area contributed by atoms with E-state index in [1.54, 1.807) is 0 Å². The molecule has 1 N–H and O–H groups in total. The van der Waals surface area contributed by atoms with E-state index in [0.717, 1.165) is 55.7 Å². The Hall–Kier alpha value is -2.36. The van der Waals surface area contributed by atoms with Crippen LogP contribution in [0.5, 0.6) is 0 Å². The first-order valence-corrected chi connectivity index (χ1v) is 10.6. The van der Waals surface area contributed by atoms with Gasteiger partial charge in [0.05, 0.1) is 31.5 Å². The van der Waals surface area contributed by atoms with Gasteiger partial charge in [-0.1, -0.05) is 5.16 Å². The van der Waals surface area contributed by atoms with Gasteiger partial charge in [0.2, 0.25) is 0 Å². The molecule has 0 bridgehead atoms. The number of hydrogen-bond donors (Lipinski definition) is 1. The number of amides is 2. The highest BCUT2D eigenvalue weighted by Gasteiger charge is 2.27. The van der Waals surface area contributed by atoms with Gasteiger partial charge in [-0.3, -0.25) is 9.80 Å². The molecule has 2 amide bonds. The lowest BCUT2D eigenvalue weighted by atomic mass is 10.1. The monoisotopic (exact) mass is 417 g/mol. The smallest absolute Gasteiger partial charge is 0.317 e. The number of ether oxygens (including phenoxy) is 1. The summed E-state index contributed by atoms with van der Waals surface area (Å²) in [4.78, 5) is 19.3. The van der Waals surface area contributed by atoms with Gasteiger partial charge in [-0.05, 0) is 26.0 Å². The Balaban J connectivity index is 1.28. The third-order valence-electron chi connectivity index (χ3n) is 5.74. The van der Waals surface area contributed by atoms with Gasteiger partial charge in [-0.25, -0.2) is 4.79 Å². The number of hydrogen-bond acceptors (Lipinski definition) is 7. The molecule has 0 spiro atoms. The molecule has 0 saturated carbocycles. The number of carbonyl (C=O) groups excluding carboxylic acids is 1. The van der Waals surface area contributed by atoms with E-state index in [2.05, 4.69) is 20.3 Å². The Morgan fingerprint density at radius 1 is 1.13 bits per heavy atom. The zero-order valence-electron chi connectivity index (χ0n) is 17.8. The molecular formula is C21H31N5O4. The summed E-state index contributed by atoms with van der Waals surface area (Å²) in [7, 11) is 0. The van der Waals surface area contributed by atoms with Crippen molar-refractivity contribution in [3.63, 3.8) is 0 Å². The average Bonchev–Trinajstić information content (AvgIpc) is 3.37. The van der Waals surface area contributed by atoms with E-state index >= 15 is 0 Å². The van der Waals surface area contributed by atoms with Crippen molar-refractivity contribution in [2.75, 3.05) is 59.0 Å². The fourth-order valence-corrected chi connectivity index (χ4v) is 4.05. The van der Waals surface area contributed by atoms with Crippen molar-refractivity contribution in [2.45, 2.75) is 26.4 Å². The maximum absolute atomic E-state index is 12.8. The third kappa shape index (κ3) is 5.21. The number of nitrogens with one attached hydrogen (secondary N) is 1. The van der Waals surface area contributed by atoms with Gasteiger partial charge in [0.15, 0.2) is 5.76 Å². The lowest BCUT2D eigenvalue weighted by molar-refractivity contribution is 0.0118. The summed E-state index contributed by atoms with van der Waals surface area (Å²) in [5, 5.41) is 7.06. The molecule has 30 heavy (non-hydrogen) atoms. The zero-order valence-corrected chi connectivity index (χ0v) is 17.8. The highest BCUT2D eigenvalue weighted by atomic mass is 16.5. The molecule has 1 atom stereocenters. The summed E-state index contributed by atoms with van der Waals surface area (Å²) < 4.78 is 16.7. The third-order valence-corrected chi connectivity index (χ3v) is 5.74. The van der Waals surface area contributed by atoms with Gasteiger partial charge in [-0.15, -0.1) is 0 Å². The molecule has 2 saturated heterocycles. The number of aromatic nitrogens is 1. The fraction of sp³-hybridized carbons (Fsp3) is 0.619. The van der Waals surface area contributed by atoms with Crippen LogP contribution in [-0.2, 0) is 11.3 Å². The summed E-state index contributed by atoms with van der Waals surface area (Å²) >= 11 is 0. The minimum atomic E-state index is -0.0216. The summed E-state index contributed by atoms with van der Waals surface area (Å²) in [6.45, 7) is 11.2. The average molecular weight is 418 g/mol. The predicted octanol–water partition coefficient (Wildman–Crippen LogP) is 1.79. The number of urea groups is 1. The van der Waals surface area contributed by atoms with Crippen molar-refractivity contribution < 1.29 is 18.5 Å². The molecule has 9 nitrogen and oxygen atoms in total. The lowest BCUT2D eigenvalue weighted by Gasteiger charge is -2.36. The summed E-state index contributed by atoms with van der Waals surface area (Å²) in [6.07, 6.45) is 0. The van der Waals surface area contributed by atoms with E-state index < -0.39 is 0 Å². The molecule has 2 aromatic rings. The molecule has 1 unspecified atom stereocenters. The van der Waals surface area contributed by atoms with Crippen molar-refractivity contribution in [1.82, 2.24) is 25.2 Å². The van der Waals surface area contributed by atoms with Crippen molar-refractivity contribution >= 4 is 6.03 Å². The topological polar surface area (TPSA) is 87.2 Å². The van der Waals surface area contributed by atoms with Gasteiger partial charge < -0.3 is 23.9 Å². The predicted molar refractivity (Wildman–Crippen MR) is 110 cm³/mol. The Kier molecular flexibility index (Phi) is 6.71. The van der Waals surface area contributed by atoms with Gasteiger partial charge in [0.1, 0.15) is 11.5 Å². The first-order valence-electron chi connectivity index (χ1n) is 10.6. The molecular weight excluding hydrogens is 386 g/mol. The quantitative estimate of drug-likeness (QED) is 0.767. The SMILES string of the molecule is Cc1cc(CN2CCN(C(=O)NCC(c3ccc(C)o3)N3CCOCC3)CC2)on1. The van der Waals surface area contributed by atoms with Crippen LogP contribution in [0.25, 0.3) is 0 Å². The van der Waals surface area contributed by atoms with Gasteiger partial charge in [0.25, 0.3) is 0 Å². The minimum absolute atomic E-state index is 0.0162. The number of rotatable bonds is 6. The van der Waals surface area contributed by atoms with E-state index in [1.807, 2.05) is 36.9 Å². The summed E-state index contributed by atoms with van der Waals surface area (Å²) in [5.41, 5.74) is 0.893. The molecule has 0 aromatic carbocycles. The molecule has 2 aliphatic heterocycles. The Bertz CT molecular complexity index is 821. The number of morpholine rings is 1. The number of nitrogens with zero attached hydrogens (tertiary/aromatic N) is 4. The number of aryl methyl sites for hydroxylation is 2. The first kappa shape index (κ1) is 20.9. The molecule has 164 valence electrons. The van der Waals surface area contributed by atoms with Crippen molar-refractivity contribution in [1.29, 1.82) is 0 Å². The number of furan rings is 1.